The Bertz CT molecular complexity index is 129. The van der Waals surface area contributed by atoms with E-state index in [0.29, 0.717) is 6.42 Å². The molecule has 0 aliphatic carbocycles. The van der Waals surface area contributed by atoms with Crippen molar-refractivity contribution >= 4 is 5.97 Å². The van der Waals surface area contributed by atoms with Gasteiger partial charge in [-0.25, -0.2) is 6.57 Å². The van der Waals surface area contributed by atoms with E-state index in [2.05, 4.69) is 4.85 Å². The third-order valence-electron chi connectivity index (χ3n) is 0.815. The first-order chi connectivity index (χ1) is 3.72. The first-order valence-electron chi connectivity index (χ1n) is 2.29. The van der Waals surface area contributed by atoms with E-state index < -0.39 is 12.0 Å². The Morgan fingerprint density at radius 1 is 1.89 bits per heavy atom. The second kappa shape index (κ2) is 6.09. The summed E-state index contributed by atoms with van der Waals surface area (Å²) in [4.78, 5) is 12.6. The summed E-state index contributed by atoms with van der Waals surface area (Å²) in [6.45, 7) is 7.93. The zero-order valence-electron chi connectivity index (χ0n) is 5.55. The smallest absolute Gasteiger partial charge is 0.543 e. The van der Waals surface area contributed by atoms with Gasteiger partial charge >= 0.3 is 29.6 Å². The summed E-state index contributed by atoms with van der Waals surface area (Å²) in [5.74, 6) is -1.28. The van der Waals surface area contributed by atoms with Crippen LogP contribution in [0, 0.1) is 6.57 Å². The van der Waals surface area contributed by atoms with Crippen molar-refractivity contribution in [3.63, 3.8) is 0 Å². The molecule has 4 heteroatoms. The Labute approximate surface area is 76.2 Å². The topological polar surface area (TPSA) is 44.5 Å². The standard InChI is InChI=1S/C5H7NO2.Na/c1-3-4(6-2)5(7)8;/h4H,3H2,1H3,(H,7,8);/q;+1/p-1. The number of rotatable bonds is 2. The second-order valence-electron chi connectivity index (χ2n) is 1.37. The number of hydrogen-bond donors (Lipinski definition) is 0. The van der Waals surface area contributed by atoms with Crippen LogP contribution < -0.4 is 34.7 Å². The van der Waals surface area contributed by atoms with Crippen molar-refractivity contribution in [2.24, 2.45) is 0 Å². The quantitative estimate of drug-likeness (QED) is 0.290. The predicted molar refractivity (Wildman–Crippen MR) is 25.7 cm³/mol. The van der Waals surface area contributed by atoms with Gasteiger partial charge in [0.2, 0.25) is 0 Å². The first-order valence-corrected chi connectivity index (χ1v) is 2.29. The number of aliphatic carboxylic acids is 1. The average molecular weight is 135 g/mol. The molecule has 0 aromatic rings. The number of hydrogen-bond acceptors (Lipinski definition) is 2. The van der Waals surface area contributed by atoms with Gasteiger partial charge in [-0.3, -0.25) is 0 Å². The van der Waals surface area contributed by atoms with E-state index in [0.717, 1.165) is 0 Å². The molecule has 0 rings (SSSR count). The van der Waals surface area contributed by atoms with Crippen molar-refractivity contribution in [3.05, 3.63) is 11.4 Å². The van der Waals surface area contributed by atoms with E-state index in [-0.39, 0.29) is 29.6 Å². The normalized spacial score (nSPS) is 10.7. The molecule has 0 aromatic carbocycles. The van der Waals surface area contributed by atoms with Crippen molar-refractivity contribution < 1.29 is 39.5 Å². The maximum atomic E-state index is 9.84. The van der Waals surface area contributed by atoms with Crippen molar-refractivity contribution in [2.75, 3.05) is 0 Å². The van der Waals surface area contributed by atoms with E-state index in [4.69, 9.17) is 6.57 Å². The SMILES string of the molecule is [C-]#[N+]C(CC)C(=O)[O-].[Na+]. The molecule has 0 aliphatic heterocycles. The Balaban J connectivity index is 0. The average Bonchev–Trinajstić information content (AvgIpc) is 1.69. The van der Waals surface area contributed by atoms with Crippen LogP contribution in [0.5, 0.6) is 0 Å². The number of carboxylic acids is 1. The molecular formula is C5H6NNaO2. The summed E-state index contributed by atoms with van der Waals surface area (Å²) in [7, 11) is 0. The molecule has 0 saturated carbocycles. The molecule has 0 fully saturated rings. The van der Waals surface area contributed by atoms with E-state index in [9.17, 15) is 9.90 Å². The Hall–Kier alpha value is -0.0400. The molecule has 3 nitrogen and oxygen atoms in total. The monoisotopic (exact) mass is 135 g/mol. The number of carbonyl (C=O) groups excluding carboxylic acids is 1. The molecule has 0 bridgehead atoms. The van der Waals surface area contributed by atoms with Crippen LogP contribution in [0.4, 0.5) is 0 Å². The van der Waals surface area contributed by atoms with Crippen LogP contribution in [-0.2, 0) is 4.79 Å². The van der Waals surface area contributed by atoms with Crippen LogP contribution >= 0.6 is 0 Å². The van der Waals surface area contributed by atoms with Crippen LogP contribution in [-0.4, -0.2) is 12.0 Å². The molecule has 0 aliphatic rings. The summed E-state index contributed by atoms with van der Waals surface area (Å²) in [6.07, 6.45) is 0.325. The van der Waals surface area contributed by atoms with Crippen LogP contribution in [0.25, 0.3) is 4.85 Å². The third-order valence-corrected chi connectivity index (χ3v) is 0.815. The maximum Gasteiger partial charge on any atom is 1.00 e. The minimum Gasteiger partial charge on any atom is -0.543 e. The van der Waals surface area contributed by atoms with Gasteiger partial charge in [-0.15, -0.1) is 0 Å². The van der Waals surface area contributed by atoms with Gasteiger partial charge in [0, 0.05) is 6.42 Å². The van der Waals surface area contributed by atoms with E-state index in [1.165, 1.54) is 0 Å². The van der Waals surface area contributed by atoms with Crippen molar-refractivity contribution in [1.82, 2.24) is 0 Å². The fraction of sp³-hybridized carbons (Fsp3) is 0.600. The van der Waals surface area contributed by atoms with Crippen LogP contribution in [0.1, 0.15) is 13.3 Å². The van der Waals surface area contributed by atoms with Gasteiger partial charge in [0.05, 0.1) is 0 Å². The van der Waals surface area contributed by atoms with Crippen LogP contribution in [0.3, 0.4) is 0 Å². The second-order valence-corrected chi connectivity index (χ2v) is 1.37. The predicted octanol–water partition coefficient (Wildman–Crippen LogP) is -3.56. The van der Waals surface area contributed by atoms with Gasteiger partial charge in [-0.05, 0) is 0 Å². The van der Waals surface area contributed by atoms with Crippen molar-refractivity contribution in [3.8, 4) is 0 Å². The number of carboxylic acid groups (broad SMARTS) is 1. The van der Waals surface area contributed by atoms with Crippen molar-refractivity contribution in [2.45, 2.75) is 19.4 Å². The van der Waals surface area contributed by atoms with E-state index in [1.54, 1.807) is 6.92 Å². The van der Waals surface area contributed by atoms with E-state index in [1.807, 2.05) is 0 Å². The van der Waals surface area contributed by atoms with Crippen LogP contribution in [0.2, 0.25) is 0 Å². The van der Waals surface area contributed by atoms with Gasteiger partial charge in [-0.1, -0.05) is 6.92 Å². The molecule has 0 amide bonds. The minimum atomic E-state index is -1.28. The first kappa shape index (κ1) is 11.7. The fourth-order valence-corrected chi connectivity index (χ4v) is 0.311. The Kier molecular flexibility index (Phi) is 7.92. The number of carbonyl (C=O) groups is 1. The van der Waals surface area contributed by atoms with E-state index >= 15 is 0 Å². The molecular weight excluding hydrogens is 129 g/mol. The summed E-state index contributed by atoms with van der Waals surface area (Å²) in [5.41, 5.74) is 0. The molecule has 0 spiro atoms. The third kappa shape index (κ3) is 4.46. The summed E-state index contributed by atoms with van der Waals surface area (Å²) >= 11 is 0. The largest absolute Gasteiger partial charge is 1.00 e. The molecule has 1 atom stereocenters. The molecule has 0 heterocycles. The fourth-order valence-electron chi connectivity index (χ4n) is 0.311. The molecule has 1 unspecified atom stereocenters. The van der Waals surface area contributed by atoms with Crippen LogP contribution in [0.15, 0.2) is 0 Å². The van der Waals surface area contributed by atoms with Gasteiger partial charge in [-0.2, -0.15) is 0 Å². The molecule has 0 N–H and O–H groups in total. The minimum absolute atomic E-state index is 0. The molecule has 0 saturated heterocycles. The summed E-state index contributed by atoms with van der Waals surface area (Å²) < 4.78 is 0. The zero-order chi connectivity index (χ0) is 6.57. The van der Waals surface area contributed by atoms with Gasteiger partial charge in [0.1, 0.15) is 5.97 Å². The van der Waals surface area contributed by atoms with Gasteiger partial charge in [0.25, 0.3) is 6.04 Å². The zero-order valence-corrected chi connectivity index (χ0v) is 7.55. The molecule has 0 radical (unpaired) electrons. The molecule has 0 aromatic heterocycles. The maximum absolute atomic E-state index is 9.84. The van der Waals surface area contributed by atoms with Gasteiger partial charge < -0.3 is 14.7 Å². The Morgan fingerprint density at radius 2 is 2.33 bits per heavy atom. The number of nitrogens with zero attached hydrogens (tertiary/aromatic N) is 1. The summed E-state index contributed by atoms with van der Waals surface area (Å²) in [5, 5.41) is 9.84. The molecule has 44 valence electrons. The Morgan fingerprint density at radius 3 is 2.33 bits per heavy atom. The summed E-state index contributed by atoms with van der Waals surface area (Å²) in [6, 6.07) is -0.949. The van der Waals surface area contributed by atoms with Gasteiger partial charge in [0.15, 0.2) is 0 Å². The van der Waals surface area contributed by atoms with Crippen molar-refractivity contribution in [1.29, 1.82) is 0 Å². The molecule has 9 heavy (non-hydrogen) atoms.